The first-order chi connectivity index (χ1) is 4.85. The van der Waals surface area contributed by atoms with Gasteiger partial charge in [-0.1, -0.05) is 26.7 Å². The normalized spacial score (nSPS) is 10.8. The summed E-state index contributed by atoms with van der Waals surface area (Å²) in [6, 6.07) is 0. The molecular formula is C8H19NO. The topological polar surface area (TPSA) is 32.3 Å². The molecule has 0 unspecified atom stereocenters. The maximum atomic E-state index is 8.46. The molecule has 0 radical (unpaired) electrons. The van der Waals surface area contributed by atoms with Gasteiger partial charge in [0.15, 0.2) is 0 Å². The molecule has 0 saturated heterocycles. The van der Waals surface area contributed by atoms with E-state index in [1.54, 1.807) is 0 Å². The lowest BCUT2D eigenvalue weighted by Gasteiger charge is -2.11. The molecule has 2 heteroatoms. The molecule has 0 spiro atoms. The van der Waals surface area contributed by atoms with E-state index in [4.69, 9.17) is 5.11 Å². The van der Waals surface area contributed by atoms with Crippen LogP contribution in [0.2, 0.25) is 0 Å². The van der Waals surface area contributed by atoms with Crippen molar-refractivity contribution in [2.45, 2.75) is 26.7 Å². The van der Waals surface area contributed by atoms with Gasteiger partial charge in [-0.25, -0.2) is 0 Å². The molecule has 0 aromatic heterocycles. The standard InChI is InChI=1S/C8H19NO/c1-3-8(4-2)7-9-5-6-10/h8-10H,3-7H2,1-2H3. The van der Waals surface area contributed by atoms with Gasteiger partial charge in [-0.05, 0) is 12.5 Å². The van der Waals surface area contributed by atoms with E-state index in [0.29, 0.717) is 0 Å². The molecule has 0 heterocycles. The third kappa shape index (κ3) is 4.77. The second-order valence-corrected chi connectivity index (χ2v) is 2.61. The molecule has 0 aliphatic carbocycles. The van der Waals surface area contributed by atoms with E-state index in [9.17, 15) is 0 Å². The van der Waals surface area contributed by atoms with Crippen molar-refractivity contribution < 1.29 is 5.11 Å². The second kappa shape index (κ2) is 7.03. The van der Waals surface area contributed by atoms with Crippen LogP contribution in [0.4, 0.5) is 0 Å². The van der Waals surface area contributed by atoms with Gasteiger partial charge < -0.3 is 10.4 Å². The van der Waals surface area contributed by atoms with E-state index in [2.05, 4.69) is 19.2 Å². The Hall–Kier alpha value is -0.0800. The van der Waals surface area contributed by atoms with Crippen LogP contribution in [-0.4, -0.2) is 24.8 Å². The minimum absolute atomic E-state index is 0.250. The highest BCUT2D eigenvalue weighted by Crippen LogP contribution is 2.04. The summed E-state index contributed by atoms with van der Waals surface area (Å²) in [5, 5.41) is 11.6. The molecule has 2 nitrogen and oxygen atoms in total. The second-order valence-electron chi connectivity index (χ2n) is 2.61. The predicted molar refractivity (Wildman–Crippen MR) is 44.0 cm³/mol. The number of aliphatic hydroxyl groups is 1. The summed E-state index contributed by atoms with van der Waals surface area (Å²) < 4.78 is 0. The lowest BCUT2D eigenvalue weighted by Crippen LogP contribution is -2.24. The van der Waals surface area contributed by atoms with Gasteiger partial charge in [-0.2, -0.15) is 0 Å². The minimum atomic E-state index is 0.250. The Labute approximate surface area is 63.6 Å². The Morgan fingerprint density at radius 2 is 1.90 bits per heavy atom. The Morgan fingerprint density at radius 3 is 2.30 bits per heavy atom. The molecule has 2 N–H and O–H groups in total. The number of nitrogens with one attached hydrogen (secondary N) is 1. The molecule has 62 valence electrons. The number of rotatable bonds is 6. The van der Waals surface area contributed by atoms with E-state index in [1.165, 1.54) is 12.8 Å². The molecule has 0 atom stereocenters. The highest BCUT2D eigenvalue weighted by atomic mass is 16.3. The van der Waals surface area contributed by atoms with Crippen LogP contribution in [-0.2, 0) is 0 Å². The monoisotopic (exact) mass is 145 g/mol. The average molecular weight is 145 g/mol. The summed E-state index contributed by atoms with van der Waals surface area (Å²) in [4.78, 5) is 0. The quantitative estimate of drug-likeness (QED) is 0.547. The highest BCUT2D eigenvalue weighted by molar-refractivity contribution is 4.57. The maximum Gasteiger partial charge on any atom is 0.0555 e. The predicted octanol–water partition coefficient (Wildman–Crippen LogP) is 1.00. The first-order valence-corrected chi connectivity index (χ1v) is 4.16. The van der Waals surface area contributed by atoms with Crippen LogP contribution in [0, 0.1) is 5.92 Å². The van der Waals surface area contributed by atoms with Gasteiger partial charge in [0, 0.05) is 6.54 Å². The van der Waals surface area contributed by atoms with Gasteiger partial charge >= 0.3 is 0 Å². The molecule has 0 aromatic carbocycles. The highest BCUT2D eigenvalue weighted by Gasteiger charge is 2.00. The zero-order valence-electron chi connectivity index (χ0n) is 7.06. The maximum absolute atomic E-state index is 8.46. The van der Waals surface area contributed by atoms with Crippen LogP contribution in [0.3, 0.4) is 0 Å². The zero-order valence-corrected chi connectivity index (χ0v) is 7.06. The van der Waals surface area contributed by atoms with Gasteiger partial charge in [0.2, 0.25) is 0 Å². The zero-order chi connectivity index (χ0) is 7.82. The van der Waals surface area contributed by atoms with Gasteiger partial charge in [-0.15, -0.1) is 0 Å². The molecule has 0 rings (SSSR count). The third-order valence-electron chi connectivity index (χ3n) is 1.88. The number of hydrogen-bond acceptors (Lipinski definition) is 2. The summed E-state index contributed by atoms with van der Waals surface area (Å²) in [6.07, 6.45) is 2.46. The average Bonchev–Trinajstić information content (AvgIpc) is 1.99. The molecule has 0 bridgehead atoms. The van der Waals surface area contributed by atoms with Crippen molar-refractivity contribution in [2.24, 2.45) is 5.92 Å². The molecule has 0 saturated carbocycles. The SMILES string of the molecule is CCC(CC)CNCCO. The van der Waals surface area contributed by atoms with Gasteiger partial charge in [-0.3, -0.25) is 0 Å². The summed E-state index contributed by atoms with van der Waals surface area (Å²) >= 11 is 0. The van der Waals surface area contributed by atoms with Crippen molar-refractivity contribution in [3.63, 3.8) is 0 Å². The van der Waals surface area contributed by atoms with Gasteiger partial charge in [0.25, 0.3) is 0 Å². The van der Waals surface area contributed by atoms with Crippen LogP contribution >= 0.6 is 0 Å². The van der Waals surface area contributed by atoms with E-state index in [1.807, 2.05) is 0 Å². The fraction of sp³-hybridized carbons (Fsp3) is 1.00. The van der Waals surface area contributed by atoms with Crippen LogP contribution < -0.4 is 5.32 Å². The van der Waals surface area contributed by atoms with Crippen molar-refractivity contribution in [3.05, 3.63) is 0 Å². The Kier molecular flexibility index (Phi) is 6.98. The minimum Gasteiger partial charge on any atom is -0.395 e. The van der Waals surface area contributed by atoms with Crippen molar-refractivity contribution in [3.8, 4) is 0 Å². The molecular weight excluding hydrogens is 126 g/mol. The van der Waals surface area contributed by atoms with Crippen molar-refractivity contribution in [1.29, 1.82) is 0 Å². The first kappa shape index (κ1) is 9.92. The Morgan fingerprint density at radius 1 is 1.30 bits per heavy atom. The fourth-order valence-electron chi connectivity index (χ4n) is 0.963. The van der Waals surface area contributed by atoms with Crippen molar-refractivity contribution >= 4 is 0 Å². The fourth-order valence-corrected chi connectivity index (χ4v) is 0.963. The van der Waals surface area contributed by atoms with Crippen LogP contribution in [0.5, 0.6) is 0 Å². The Balaban J connectivity index is 3.09. The van der Waals surface area contributed by atoms with Crippen LogP contribution in [0.15, 0.2) is 0 Å². The summed E-state index contributed by atoms with van der Waals surface area (Å²) in [5.74, 6) is 0.784. The third-order valence-corrected chi connectivity index (χ3v) is 1.88. The molecule has 0 aromatic rings. The lowest BCUT2D eigenvalue weighted by molar-refractivity contribution is 0.286. The van der Waals surface area contributed by atoms with E-state index in [0.717, 1.165) is 19.0 Å². The summed E-state index contributed by atoms with van der Waals surface area (Å²) in [5.41, 5.74) is 0. The first-order valence-electron chi connectivity index (χ1n) is 4.16. The molecule has 0 amide bonds. The van der Waals surface area contributed by atoms with E-state index >= 15 is 0 Å². The van der Waals surface area contributed by atoms with Crippen molar-refractivity contribution in [1.82, 2.24) is 5.32 Å². The van der Waals surface area contributed by atoms with Crippen LogP contribution in [0.1, 0.15) is 26.7 Å². The summed E-state index contributed by atoms with van der Waals surface area (Å²) in [7, 11) is 0. The number of aliphatic hydroxyl groups excluding tert-OH is 1. The number of hydrogen-bond donors (Lipinski definition) is 2. The van der Waals surface area contributed by atoms with Gasteiger partial charge in [0.05, 0.1) is 6.61 Å². The Bertz CT molecular complexity index is 62.3. The molecule has 0 aliphatic rings. The van der Waals surface area contributed by atoms with E-state index in [-0.39, 0.29) is 6.61 Å². The molecule has 0 fully saturated rings. The lowest BCUT2D eigenvalue weighted by atomic mass is 10.0. The van der Waals surface area contributed by atoms with Gasteiger partial charge in [0.1, 0.15) is 0 Å². The smallest absolute Gasteiger partial charge is 0.0555 e. The largest absolute Gasteiger partial charge is 0.395 e. The van der Waals surface area contributed by atoms with Crippen molar-refractivity contribution in [2.75, 3.05) is 19.7 Å². The van der Waals surface area contributed by atoms with Crippen LogP contribution in [0.25, 0.3) is 0 Å². The van der Waals surface area contributed by atoms with E-state index < -0.39 is 0 Å². The summed E-state index contributed by atoms with van der Waals surface area (Å²) in [6.45, 7) is 6.44. The molecule has 10 heavy (non-hydrogen) atoms. The molecule has 0 aliphatic heterocycles.